The molecule has 0 bridgehead atoms. The number of aliphatic hydroxyl groups excluding tert-OH is 1. The zero-order valence-electron chi connectivity index (χ0n) is 13.4. The fourth-order valence-electron chi connectivity index (χ4n) is 2.16. The van der Waals surface area contributed by atoms with E-state index in [1.807, 2.05) is 5.48 Å². The van der Waals surface area contributed by atoms with Crippen molar-refractivity contribution < 1.29 is 23.5 Å². The Morgan fingerprint density at radius 1 is 1.35 bits per heavy atom. The molecule has 10 heteroatoms. The Kier molecular flexibility index (Phi) is 7.25. The molecular formula is C16H16BrF2N3O4. The van der Waals surface area contributed by atoms with Crippen molar-refractivity contribution in [1.29, 1.82) is 0 Å². The van der Waals surface area contributed by atoms with Crippen LogP contribution < -0.4 is 16.4 Å². The summed E-state index contributed by atoms with van der Waals surface area (Å²) in [6.07, 6.45) is 1.02. The number of aromatic amines is 1. The number of anilines is 1. The SMILES string of the molecule is O=C(NOCCO)c1c[nH]c(=O)c(F)c1CCNc1ccc(Br)cc1F. The van der Waals surface area contributed by atoms with E-state index in [0.29, 0.717) is 4.47 Å². The van der Waals surface area contributed by atoms with Crippen LogP contribution in [0.3, 0.4) is 0 Å². The van der Waals surface area contributed by atoms with E-state index >= 15 is 0 Å². The van der Waals surface area contributed by atoms with Gasteiger partial charge in [-0.05, 0) is 24.6 Å². The molecule has 7 nitrogen and oxygen atoms in total. The van der Waals surface area contributed by atoms with E-state index in [1.54, 1.807) is 6.07 Å². The van der Waals surface area contributed by atoms with Gasteiger partial charge in [0.15, 0.2) is 5.82 Å². The van der Waals surface area contributed by atoms with E-state index in [-0.39, 0.29) is 43.0 Å². The summed E-state index contributed by atoms with van der Waals surface area (Å²) in [5.41, 5.74) is 1.01. The molecule has 1 aromatic heterocycles. The first-order valence-corrected chi connectivity index (χ1v) is 8.35. The van der Waals surface area contributed by atoms with Crippen LogP contribution in [0.5, 0.6) is 0 Å². The summed E-state index contributed by atoms with van der Waals surface area (Å²) < 4.78 is 28.5. The molecule has 1 amide bonds. The van der Waals surface area contributed by atoms with Crippen LogP contribution in [0.2, 0.25) is 0 Å². The third-order valence-electron chi connectivity index (χ3n) is 3.36. The molecule has 0 aliphatic heterocycles. The Bertz CT molecular complexity index is 845. The summed E-state index contributed by atoms with van der Waals surface area (Å²) in [7, 11) is 0. The zero-order chi connectivity index (χ0) is 19.1. The summed E-state index contributed by atoms with van der Waals surface area (Å²) in [6.45, 7) is -0.371. The minimum Gasteiger partial charge on any atom is -0.394 e. The molecule has 1 heterocycles. The van der Waals surface area contributed by atoms with Crippen molar-refractivity contribution in [3.8, 4) is 0 Å². The maximum absolute atomic E-state index is 14.2. The first kappa shape index (κ1) is 20.0. The topological polar surface area (TPSA) is 103 Å². The molecular weight excluding hydrogens is 416 g/mol. The van der Waals surface area contributed by atoms with Gasteiger partial charge in [0.05, 0.1) is 24.5 Å². The van der Waals surface area contributed by atoms with Crippen LogP contribution in [0.15, 0.2) is 33.7 Å². The van der Waals surface area contributed by atoms with Gasteiger partial charge in [0.25, 0.3) is 11.5 Å². The van der Waals surface area contributed by atoms with Crippen LogP contribution in [0.25, 0.3) is 0 Å². The van der Waals surface area contributed by atoms with Crippen LogP contribution in [-0.4, -0.2) is 35.8 Å². The van der Waals surface area contributed by atoms with E-state index in [4.69, 9.17) is 9.94 Å². The molecule has 0 saturated carbocycles. The monoisotopic (exact) mass is 431 g/mol. The van der Waals surface area contributed by atoms with E-state index in [2.05, 4.69) is 26.2 Å². The summed E-state index contributed by atoms with van der Waals surface area (Å²) in [4.78, 5) is 30.3. The predicted octanol–water partition coefficient (Wildman–Crippen LogP) is 1.72. The summed E-state index contributed by atoms with van der Waals surface area (Å²) in [5.74, 6) is -2.38. The molecule has 0 spiro atoms. The third kappa shape index (κ3) is 5.10. The zero-order valence-corrected chi connectivity index (χ0v) is 15.0. The Morgan fingerprint density at radius 3 is 2.81 bits per heavy atom. The van der Waals surface area contributed by atoms with Gasteiger partial charge in [0.1, 0.15) is 5.82 Å². The van der Waals surface area contributed by atoms with E-state index in [0.717, 1.165) is 6.20 Å². The van der Waals surface area contributed by atoms with Crippen molar-refractivity contribution in [3.63, 3.8) is 0 Å². The first-order valence-electron chi connectivity index (χ1n) is 7.56. The number of pyridine rings is 1. The lowest BCUT2D eigenvalue weighted by Crippen LogP contribution is -2.29. The number of carbonyl (C=O) groups is 1. The Labute approximate surface area is 155 Å². The molecule has 0 radical (unpaired) electrons. The quantitative estimate of drug-likeness (QED) is 0.376. The number of amides is 1. The highest BCUT2D eigenvalue weighted by Crippen LogP contribution is 2.19. The minimum absolute atomic E-state index is 0.0476. The lowest BCUT2D eigenvalue weighted by molar-refractivity contribution is 0.0167. The fourth-order valence-corrected chi connectivity index (χ4v) is 2.50. The maximum Gasteiger partial charge on any atom is 0.284 e. The number of halogens is 3. The van der Waals surface area contributed by atoms with Crippen molar-refractivity contribution in [3.05, 3.63) is 62.0 Å². The van der Waals surface area contributed by atoms with E-state index < -0.39 is 23.1 Å². The Morgan fingerprint density at radius 2 is 2.12 bits per heavy atom. The standard InChI is InChI=1S/C16H16BrF2N3O4/c17-9-1-2-13(12(18)7-9)20-4-3-10-11(8-21-16(25)14(10)19)15(24)22-26-6-5-23/h1-2,7-8,20,23H,3-6H2,(H,21,25)(H,22,24). The summed E-state index contributed by atoms with van der Waals surface area (Å²) in [5, 5.41) is 11.4. The minimum atomic E-state index is -1.10. The molecule has 2 rings (SSSR count). The average Bonchev–Trinajstić information content (AvgIpc) is 2.60. The van der Waals surface area contributed by atoms with Crippen molar-refractivity contribution in [2.75, 3.05) is 25.1 Å². The van der Waals surface area contributed by atoms with Gasteiger partial charge in [0, 0.05) is 22.8 Å². The predicted molar refractivity (Wildman–Crippen MR) is 93.8 cm³/mol. The molecule has 140 valence electrons. The van der Waals surface area contributed by atoms with Crippen molar-refractivity contribution in [2.24, 2.45) is 0 Å². The number of rotatable bonds is 8. The lowest BCUT2D eigenvalue weighted by Gasteiger charge is -2.12. The van der Waals surface area contributed by atoms with Crippen LogP contribution in [0.4, 0.5) is 14.5 Å². The number of hydroxylamine groups is 1. The highest BCUT2D eigenvalue weighted by molar-refractivity contribution is 9.10. The first-order chi connectivity index (χ1) is 12.4. The summed E-state index contributed by atoms with van der Waals surface area (Å²) >= 11 is 3.14. The fraction of sp³-hybridized carbons (Fsp3) is 0.250. The number of benzene rings is 1. The molecule has 4 N–H and O–H groups in total. The van der Waals surface area contributed by atoms with E-state index in [9.17, 15) is 18.4 Å². The van der Waals surface area contributed by atoms with Gasteiger partial charge >= 0.3 is 0 Å². The number of nitrogens with one attached hydrogen (secondary N) is 3. The number of H-pyrrole nitrogens is 1. The van der Waals surface area contributed by atoms with Gasteiger partial charge < -0.3 is 15.4 Å². The molecule has 0 aliphatic rings. The smallest absolute Gasteiger partial charge is 0.284 e. The second-order valence-electron chi connectivity index (χ2n) is 5.13. The van der Waals surface area contributed by atoms with Crippen molar-refractivity contribution >= 4 is 27.5 Å². The number of hydrogen-bond acceptors (Lipinski definition) is 5. The van der Waals surface area contributed by atoms with Crippen LogP contribution >= 0.6 is 15.9 Å². The van der Waals surface area contributed by atoms with Crippen molar-refractivity contribution in [2.45, 2.75) is 6.42 Å². The number of aliphatic hydroxyl groups is 1. The highest BCUT2D eigenvalue weighted by atomic mass is 79.9. The van der Waals surface area contributed by atoms with E-state index in [1.165, 1.54) is 12.1 Å². The van der Waals surface area contributed by atoms with Gasteiger partial charge in [-0.25, -0.2) is 14.3 Å². The highest BCUT2D eigenvalue weighted by Gasteiger charge is 2.18. The van der Waals surface area contributed by atoms with Crippen molar-refractivity contribution in [1.82, 2.24) is 10.5 Å². The molecule has 0 unspecified atom stereocenters. The summed E-state index contributed by atoms with van der Waals surface area (Å²) in [6, 6.07) is 4.41. The molecule has 0 saturated heterocycles. The molecule has 0 fully saturated rings. The van der Waals surface area contributed by atoms with Crippen LogP contribution in [0, 0.1) is 11.6 Å². The molecule has 26 heavy (non-hydrogen) atoms. The van der Waals surface area contributed by atoms with Gasteiger partial charge in [-0.15, -0.1) is 0 Å². The van der Waals surface area contributed by atoms with Gasteiger partial charge in [-0.2, -0.15) is 0 Å². The normalized spacial score (nSPS) is 10.6. The molecule has 0 aliphatic carbocycles. The molecule has 1 aromatic carbocycles. The van der Waals surface area contributed by atoms with Crippen LogP contribution in [-0.2, 0) is 11.3 Å². The van der Waals surface area contributed by atoms with Gasteiger partial charge in [-0.3, -0.25) is 14.4 Å². The van der Waals surface area contributed by atoms with Gasteiger partial charge in [-0.1, -0.05) is 15.9 Å². The number of hydrogen-bond donors (Lipinski definition) is 4. The molecule has 0 atom stereocenters. The Balaban J connectivity index is 2.12. The van der Waals surface area contributed by atoms with Crippen LogP contribution in [0.1, 0.15) is 15.9 Å². The second kappa shape index (κ2) is 9.41. The third-order valence-corrected chi connectivity index (χ3v) is 3.85. The Hall–Kier alpha value is -2.30. The second-order valence-corrected chi connectivity index (χ2v) is 6.04. The largest absolute Gasteiger partial charge is 0.394 e. The van der Waals surface area contributed by atoms with Gasteiger partial charge in [0.2, 0.25) is 0 Å². The molecule has 2 aromatic rings. The average molecular weight is 432 g/mol. The number of aromatic nitrogens is 1. The maximum atomic E-state index is 14.2. The number of carbonyl (C=O) groups excluding carboxylic acids is 1. The lowest BCUT2D eigenvalue weighted by atomic mass is 10.1.